The normalized spacial score (nSPS) is 17.1. The summed E-state index contributed by atoms with van der Waals surface area (Å²) in [5, 5.41) is 0. The maximum Gasteiger partial charge on any atom is 0.339 e. The van der Waals surface area contributed by atoms with E-state index in [-0.39, 0.29) is 24.8 Å². The molecule has 1 heterocycles. The molecule has 0 N–H and O–H groups in total. The Labute approximate surface area is 236 Å². The van der Waals surface area contributed by atoms with E-state index in [1.54, 1.807) is 0 Å². The third kappa shape index (κ3) is 7.06. The standard InChI is InChI=1S/C34H37NO5/c1-23-15-17-27(18-16-23)33-35-31(25(3)40-33)22-38-30-14-8-13-29(19-30)37-21-28-12-7-9-24(2)32(28)34(36)39-20-26-10-5-4-6-11-26/h4-7,9-12,15-18,29-30H,8,13-14,19-22H2,1-3H3/t29?,30-/m0/s1. The highest BCUT2D eigenvalue weighted by molar-refractivity contribution is 5.92. The minimum Gasteiger partial charge on any atom is -0.457 e. The Hall–Kier alpha value is -3.74. The monoisotopic (exact) mass is 539 g/mol. The van der Waals surface area contributed by atoms with Gasteiger partial charge >= 0.3 is 5.97 Å². The van der Waals surface area contributed by atoms with E-state index in [0.29, 0.717) is 24.7 Å². The molecule has 2 atom stereocenters. The van der Waals surface area contributed by atoms with Gasteiger partial charge < -0.3 is 18.6 Å². The molecule has 0 spiro atoms. The van der Waals surface area contributed by atoms with Gasteiger partial charge in [-0.05, 0) is 75.3 Å². The Kier molecular flexibility index (Phi) is 9.09. The zero-order valence-corrected chi connectivity index (χ0v) is 23.5. The smallest absolute Gasteiger partial charge is 0.339 e. The molecule has 1 fully saturated rings. The number of hydrogen-bond acceptors (Lipinski definition) is 6. The highest BCUT2D eigenvalue weighted by Crippen LogP contribution is 2.28. The van der Waals surface area contributed by atoms with Crippen LogP contribution >= 0.6 is 0 Å². The van der Waals surface area contributed by atoms with Crippen LogP contribution in [0.15, 0.2) is 77.2 Å². The van der Waals surface area contributed by atoms with Gasteiger partial charge in [-0.15, -0.1) is 0 Å². The van der Waals surface area contributed by atoms with Gasteiger partial charge in [-0.2, -0.15) is 0 Å². The van der Waals surface area contributed by atoms with Crippen molar-refractivity contribution in [2.45, 2.75) is 78.5 Å². The average molecular weight is 540 g/mol. The summed E-state index contributed by atoms with van der Waals surface area (Å²) in [6.07, 6.45) is 3.95. The van der Waals surface area contributed by atoms with Crippen molar-refractivity contribution < 1.29 is 23.4 Å². The molecule has 1 aromatic heterocycles. The first-order valence-electron chi connectivity index (χ1n) is 14.0. The molecular formula is C34H37NO5. The molecule has 1 unspecified atom stereocenters. The van der Waals surface area contributed by atoms with Crippen molar-refractivity contribution in [1.29, 1.82) is 0 Å². The number of ether oxygens (including phenoxy) is 3. The van der Waals surface area contributed by atoms with Crippen LogP contribution in [0.4, 0.5) is 0 Å². The second kappa shape index (κ2) is 13.1. The molecule has 3 aromatic carbocycles. The van der Waals surface area contributed by atoms with Crippen LogP contribution in [0.1, 0.15) is 69.7 Å². The van der Waals surface area contributed by atoms with E-state index in [0.717, 1.165) is 59.4 Å². The Morgan fingerprint density at radius 2 is 1.57 bits per heavy atom. The number of benzene rings is 3. The molecule has 0 saturated heterocycles. The molecule has 208 valence electrons. The first kappa shape index (κ1) is 27.8. The molecule has 1 aliphatic rings. The molecule has 4 aromatic rings. The summed E-state index contributed by atoms with van der Waals surface area (Å²) in [6, 6.07) is 23.7. The fourth-order valence-corrected chi connectivity index (χ4v) is 5.13. The summed E-state index contributed by atoms with van der Waals surface area (Å²) < 4.78 is 24.2. The van der Waals surface area contributed by atoms with E-state index in [9.17, 15) is 4.79 Å². The van der Waals surface area contributed by atoms with Crippen molar-refractivity contribution in [2.24, 2.45) is 0 Å². The van der Waals surface area contributed by atoms with Crippen molar-refractivity contribution in [3.8, 4) is 11.5 Å². The number of rotatable bonds is 10. The molecule has 0 aliphatic heterocycles. The van der Waals surface area contributed by atoms with Gasteiger partial charge in [0.15, 0.2) is 0 Å². The zero-order valence-electron chi connectivity index (χ0n) is 23.5. The lowest BCUT2D eigenvalue weighted by Crippen LogP contribution is -2.28. The molecule has 40 heavy (non-hydrogen) atoms. The number of nitrogens with zero attached hydrogens (tertiary/aromatic N) is 1. The van der Waals surface area contributed by atoms with Crippen LogP contribution in [0.25, 0.3) is 11.5 Å². The molecule has 6 heteroatoms. The van der Waals surface area contributed by atoms with Crippen molar-refractivity contribution in [3.05, 3.63) is 112 Å². The largest absolute Gasteiger partial charge is 0.457 e. The number of carbonyl (C=O) groups is 1. The van der Waals surface area contributed by atoms with Crippen LogP contribution in [0.5, 0.6) is 0 Å². The lowest BCUT2D eigenvalue weighted by molar-refractivity contribution is -0.0564. The summed E-state index contributed by atoms with van der Waals surface area (Å²) in [7, 11) is 0. The highest BCUT2D eigenvalue weighted by Gasteiger charge is 2.25. The van der Waals surface area contributed by atoms with Crippen molar-refractivity contribution in [3.63, 3.8) is 0 Å². The van der Waals surface area contributed by atoms with Crippen LogP contribution in [-0.4, -0.2) is 23.2 Å². The number of esters is 1. The zero-order chi connectivity index (χ0) is 27.9. The van der Waals surface area contributed by atoms with Gasteiger partial charge in [0, 0.05) is 5.56 Å². The maximum atomic E-state index is 13.0. The minimum atomic E-state index is -0.321. The molecule has 6 nitrogen and oxygen atoms in total. The van der Waals surface area contributed by atoms with Gasteiger partial charge in [0.1, 0.15) is 18.1 Å². The number of aryl methyl sites for hydroxylation is 3. The summed E-state index contributed by atoms with van der Waals surface area (Å²) in [4.78, 5) is 17.7. The summed E-state index contributed by atoms with van der Waals surface area (Å²) in [6.45, 7) is 6.94. The van der Waals surface area contributed by atoms with E-state index in [4.69, 9.17) is 23.6 Å². The van der Waals surface area contributed by atoms with E-state index in [1.165, 1.54) is 5.56 Å². The second-order valence-corrected chi connectivity index (χ2v) is 10.6. The average Bonchev–Trinajstić information content (AvgIpc) is 3.35. The van der Waals surface area contributed by atoms with E-state index < -0.39 is 0 Å². The summed E-state index contributed by atoms with van der Waals surface area (Å²) >= 11 is 0. The SMILES string of the molecule is Cc1ccc(-c2nc(CO[C@H]3CCCC(OCc4cccc(C)c4C(=O)OCc4ccccc4)C3)c(C)o2)cc1. The summed E-state index contributed by atoms with van der Waals surface area (Å²) in [5.41, 5.74) is 6.28. The van der Waals surface area contributed by atoms with Gasteiger partial charge in [-0.1, -0.05) is 66.2 Å². The van der Waals surface area contributed by atoms with Gasteiger partial charge in [-0.3, -0.25) is 0 Å². The Bertz CT molecular complexity index is 1410. The number of oxazole rings is 1. The summed E-state index contributed by atoms with van der Waals surface area (Å²) in [5.74, 6) is 1.08. The van der Waals surface area contributed by atoms with Gasteiger partial charge in [0.2, 0.25) is 5.89 Å². The molecule has 0 radical (unpaired) electrons. The Morgan fingerprint density at radius 3 is 2.33 bits per heavy atom. The third-order valence-corrected chi connectivity index (χ3v) is 7.48. The fourth-order valence-electron chi connectivity index (χ4n) is 5.13. The fraction of sp³-hybridized carbons (Fsp3) is 0.353. The minimum absolute atomic E-state index is 0.0639. The van der Waals surface area contributed by atoms with Gasteiger partial charge in [0.05, 0.1) is 31.0 Å². The molecule has 1 aliphatic carbocycles. The van der Waals surface area contributed by atoms with Crippen LogP contribution in [-0.2, 0) is 34.0 Å². The van der Waals surface area contributed by atoms with Crippen LogP contribution < -0.4 is 0 Å². The molecule has 1 saturated carbocycles. The Balaban J connectivity index is 1.15. The van der Waals surface area contributed by atoms with Crippen LogP contribution in [0.2, 0.25) is 0 Å². The molecular weight excluding hydrogens is 502 g/mol. The quantitative estimate of drug-likeness (QED) is 0.193. The lowest BCUT2D eigenvalue weighted by atomic mass is 9.94. The van der Waals surface area contributed by atoms with Crippen LogP contribution in [0.3, 0.4) is 0 Å². The maximum absolute atomic E-state index is 13.0. The number of carbonyl (C=O) groups excluding carboxylic acids is 1. The van der Waals surface area contributed by atoms with E-state index >= 15 is 0 Å². The third-order valence-electron chi connectivity index (χ3n) is 7.48. The first-order chi connectivity index (χ1) is 19.5. The van der Waals surface area contributed by atoms with E-state index in [2.05, 4.69) is 19.1 Å². The van der Waals surface area contributed by atoms with Crippen LogP contribution in [0, 0.1) is 20.8 Å². The first-order valence-corrected chi connectivity index (χ1v) is 14.0. The molecule has 5 rings (SSSR count). The van der Waals surface area contributed by atoms with E-state index in [1.807, 2.05) is 74.5 Å². The van der Waals surface area contributed by atoms with Crippen molar-refractivity contribution >= 4 is 5.97 Å². The highest BCUT2D eigenvalue weighted by atomic mass is 16.5. The topological polar surface area (TPSA) is 70.8 Å². The van der Waals surface area contributed by atoms with Crippen molar-refractivity contribution in [2.75, 3.05) is 0 Å². The van der Waals surface area contributed by atoms with Crippen molar-refractivity contribution in [1.82, 2.24) is 4.98 Å². The Morgan fingerprint density at radius 1 is 0.850 bits per heavy atom. The predicted molar refractivity (Wildman–Crippen MR) is 154 cm³/mol. The van der Waals surface area contributed by atoms with Gasteiger partial charge in [-0.25, -0.2) is 9.78 Å². The lowest BCUT2D eigenvalue weighted by Gasteiger charge is -2.29. The molecule has 0 bridgehead atoms. The van der Waals surface area contributed by atoms with Gasteiger partial charge in [0.25, 0.3) is 0 Å². The predicted octanol–water partition coefficient (Wildman–Crippen LogP) is 7.67. The molecule has 0 amide bonds. The number of aromatic nitrogens is 1. The number of hydrogen-bond donors (Lipinski definition) is 0. The second-order valence-electron chi connectivity index (χ2n) is 10.6.